The largest absolute Gasteiger partial charge is 0.479 e. The lowest BCUT2D eigenvalue weighted by atomic mass is 10.2. The third kappa shape index (κ3) is 5.97. The first kappa shape index (κ1) is 14.4. The molecular formula is C9H18N2O5S. The molecule has 0 spiro atoms. The Morgan fingerprint density at radius 2 is 2.12 bits per heavy atom. The zero-order chi connectivity index (χ0) is 12.9. The maximum atomic E-state index is 10.7. The van der Waals surface area contributed by atoms with Crippen LogP contribution >= 0.6 is 0 Å². The normalized spacial score (nSPS) is 25.0. The van der Waals surface area contributed by atoms with Crippen LogP contribution in [0.2, 0.25) is 0 Å². The van der Waals surface area contributed by atoms with E-state index in [1.807, 2.05) is 0 Å². The van der Waals surface area contributed by atoms with Gasteiger partial charge in [-0.3, -0.25) is 0 Å². The Hall–Kier alpha value is -0.700. The van der Waals surface area contributed by atoms with E-state index in [1.54, 1.807) is 0 Å². The molecule has 1 fully saturated rings. The number of hydrogen-bond acceptors (Lipinski definition) is 5. The smallest absolute Gasteiger partial charge is 0.332 e. The van der Waals surface area contributed by atoms with Gasteiger partial charge in [0, 0.05) is 19.6 Å². The molecule has 1 heterocycles. The quantitative estimate of drug-likeness (QED) is 0.498. The third-order valence-electron chi connectivity index (χ3n) is 2.42. The second-order valence-corrected chi connectivity index (χ2v) is 5.87. The molecule has 100 valence electrons. The lowest BCUT2D eigenvalue weighted by Crippen LogP contribution is -2.35. The molecule has 1 rings (SSSR count). The van der Waals surface area contributed by atoms with Crippen LogP contribution in [0.15, 0.2) is 0 Å². The summed E-state index contributed by atoms with van der Waals surface area (Å²) < 4.78 is 29.1. The molecule has 0 amide bonds. The number of ether oxygens (including phenoxy) is 1. The number of rotatable bonds is 7. The van der Waals surface area contributed by atoms with E-state index in [0.717, 1.165) is 6.26 Å². The highest BCUT2D eigenvalue weighted by molar-refractivity contribution is 7.88. The lowest BCUT2D eigenvalue weighted by Gasteiger charge is -2.12. The van der Waals surface area contributed by atoms with Crippen molar-refractivity contribution in [1.29, 1.82) is 0 Å². The van der Waals surface area contributed by atoms with Crippen LogP contribution < -0.4 is 10.0 Å². The molecule has 0 radical (unpaired) electrons. The molecule has 3 N–H and O–H groups in total. The molecule has 0 aliphatic carbocycles. The van der Waals surface area contributed by atoms with Crippen LogP contribution in [0.3, 0.4) is 0 Å². The molecule has 0 bridgehead atoms. The molecule has 0 aromatic carbocycles. The van der Waals surface area contributed by atoms with Crippen molar-refractivity contribution in [2.24, 2.45) is 0 Å². The average molecular weight is 266 g/mol. The lowest BCUT2D eigenvalue weighted by molar-refractivity contribution is -0.149. The van der Waals surface area contributed by atoms with Gasteiger partial charge in [0.1, 0.15) is 0 Å². The van der Waals surface area contributed by atoms with E-state index < -0.39 is 22.1 Å². The van der Waals surface area contributed by atoms with Gasteiger partial charge in [0.2, 0.25) is 10.0 Å². The topological polar surface area (TPSA) is 105 Å². The Morgan fingerprint density at radius 1 is 1.41 bits per heavy atom. The summed E-state index contributed by atoms with van der Waals surface area (Å²) in [5.41, 5.74) is 0. The summed E-state index contributed by atoms with van der Waals surface area (Å²) in [5, 5.41) is 11.7. The van der Waals surface area contributed by atoms with E-state index in [-0.39, 0.29) is 6.10 Å². The summed E-state index contributed by atoms with van der Waals surface area (Å²) in [6.07, 6.45) is 1.54. The maximum Gasteiger partial charge on any atom is 0.332 e. The van der Waals surface area contributed by atoms with E-state index in [0.29, 0.717) is 32.5 Å². The van der Waals surface area contributed by atoms with Crippen molar-refractivity contribution in [2.45, 2.75) is 25.0 Å². The Morgan fingerprint density at radius 3 is 2.65 bits per heavy atom. The highest BCUT2D eigenvalue weighted by Crippen LogP contribution is 2.18. The van der Waals surface area contributed by atoms with Crippen LogP contribution in [0.4, 0.5) is 0 Å². The fraction of sp³-hybridized carbons (Fsp3) is 0.889. The summed E-state index contributed by atoms with van der Waals surface area (Å²) in [6.45, 7) is 1.34. The molecule has 2 atom stereocenters. The second-order valence-electron chi connectivity index (χ2n) is 4.03. The van der Waals surface area contributed by atoms with E-state index in [9.17, 15) is 13.2 Å². The van der Waals surface area contributed by atoms with Crippen molar-refractivity contribution in [3.8, 4) is 0 Å². The molecule has 8 heteroatoms. The van der Waals surface area contributed by atoms with Crippen LogP contribution in [0, 0.1) is 0 Å². The molecule has 7 nitrogen and oxygen atoms in total. The van der Waals surface area contributed by atoms with Gasteiger partial charge < -0.3 is 15.2 Å². The first-order chi connectivity index (χ1) is 7.88. The van der Waals surface area contributed by atoms with Crippen molar-refractivity contribution in [3.05, 3.63) is 0 Å². The number of aliphatic carboxylic acids is 1. The Balaban J connectivity index is 2.07. The zero-order valence-electron chi connectivity index (χ0n) is 9.68. The SMILES string of the molecule is CS(=O)(=O)NCCNCC1CCC(C(=O)O)O1. The predicted octanol–water partition coefficient (Wildman–Crippen LogP) is -1.24. The van der Waals surface area contributed by atoms with Gasteiger partial charge in [0.25, 0.3) is 0 Å². The first-order valence-electron chi connectivity index (χ1n) is 5.42. The number of carboxylic acid groups (broad SMARTS) is 1. The third-order valence-corrected chi connectivity index (χ3v) is 3.15. The summed E-state index contributed by atoms with van der Waals surface area (Å²) >= 11 is 0. The van der Waals surface area contributed by atoms with Gasteiger partial charge in [-0.1, -0.05) is 0 Å². The highest BCUT2D eigenvalue weighted by Gasteiger charge is 2.29. The fourth-order valence-corrected chi connectivity index (χ4v) is 2.10. The van der Waals surface area contributed by atoms with E-state index in [4.69, 9.17) is 9.84 Å². The summed E-state index contributed by atoms with van der Waals surface area (Å²) in [4.78, 5) is 10.6. The molecule has 17 heavy (non-hydrogen) atoms. The van der Waals surface area contributed by atoms with Gasteiger partial charge >= 0.3 is 5.97 Å². The van der Waals surface area contributed by atoms with Gasteiger partial charge in [-0.15, -0.1) is 0 Å². The molecule has 0 aromatic heterocycles. The van der Waals surface area contributed by atoms with Crippen LogP contribution in [-0.2, 0) is 19.6 Å². The monoisotopic (exact) mass is 266 g/mol. The van der Waals surface area contributed by atoms with E-state index in [2.05, 4.69) is 10.0 Å². The van der Waals surface area contributed by atoms with Crippen molar-refractivity contribution >= 4 is 16.0 Å². The number of carboxylic acids is 1. The van der Waals surface area contributed by atoms with Crippen LogP contribution in [0.5, 0.6) is 0 Å². The number of carbonyl (C=O) groups is 1. The number of hydrogen-bond donors (Lipinski definition) is 3. The van der Waals surface area contributed by atoms with Crippen molar-refractivity contribution in [3.63, 3.8) is 0 Å². The standard InChI is InChI=1S/C9H18N2O5S/c1-17(14,15)11-5-4-10-6-7-2-3-8(16-7)9(12)13/h7-8,10-11H,2-6H2,1H3,(H,12,13). The zero-order valence-corrected chi connectivity index (χ0v) is 10.5. The molecule has 0 saturated carbocycles. The minimum atomic E-state index is -3.14. The molecule has 2 unspecified atom stereocenters. The molecule has 1 aliphatic heterocycles. The van der Waals surface area contributed by atoms with Gasteiger partial charge in [-0.25, -0.2) is 17.9 Å². The molecular weight excluding hydrogens is 248 g/mol. The first-order valence-corrected chi connectivity index (χ1v) is 7.31. The van der Waals surface area contributed by atoms with Crippen molar-refractivity contribution in [1.82, 2.24) is 10.0 Å². The van der Waals surface area contributed by atoms with Crippen LogP contribution in [0.1, 0.15) is 12.8 Å². The van der Waals surface area contributed by atoms with Gasteiger partial charge in [0.05, 0.1) is 12.4 Å². The summed E-state index contributed by atoms with van der Waals surface area (Å²) in [7, 11) is -3.14. The summed E-state index contributed by atoms with van der Waals surface area (Å²) in [5.74, 6) is -0.925. The molecule has 1 aliphatic rings. The minimum absolute atomic E-state index is 0.102. The van der Waals surface area contributed by atoms with Crippen molar-refractivity contribution in [2.75, 3.05) is 25.9 Å². The fourth-order valence-electron chi connectivity index (χ4n) is 1.63. The predicted molar refractivity (Wildman–Crippen MR) is 61.2 cm³/mol. The van der Waals surface area contributed by atoms with Gasteiger partial charge in [-0.2, -0.15) is 0 Å². The van der Waals surface area contributed by atoms with Gasteiger partial charge in [0.15, 0.2) is 6.10 Å². The molecule has 0 aromatic rings. The summed E-state index contributed by atoms with van der Waals surface area (Å²) in [6, 6.07) is 0. The highest BCUT2D eigenvalue weighted by atomic mass is 32.2. The maximum absolute atomic E-state index is 10.7. The van der Waals surface area contributed by atoms with E-state index in [1.165, 1.54) is 0 Å². The number of sulfonamides is 1. The average Bonchev–Trinajstić information content (AvgIpc) is 2.64. The van der Waals surface area contributed by atoms with Crippen molar-refractivity contribution < 1.29 is 23.1 Å². The Labute approximate surface area is 101 Å². The number of nitrogens with one attached hydrogen (secondary N) is 2. The molecule has 1 saturated heterocycles. The second kappa shape index (κ2) is 6.29. The van der Waals surface area contributed by atoms with E-state index >= 15 is 0 Å². The van der Waals surface area contributed by atoms with Crippen LogP contribution in [0.25, 0.3) is 0 Å². The minimum Gasteiger partial charge on any atom is -0.479 e. The Bertz CT molecular complexity index is 356. The van der Waals surface area contributed by atoms with Gasteiger partial charge in [-0.05, 0) is 12.8 Å². The van der Waals surface area contributed by atoms with Crippen LogP contribution in [-0.4, -0.2) is 57.6 Å². The Kier molecular flexibility index (Phi) is 5.31.